The summed E-state index contributed by atoms with van der Waals surface area (Å²) in [7, 11) is 0. The molecule has 1 aromatic heterocycles. The molecule has 0 unspecified atom stereocenters. The van der Waals surface area contributed by atoms with E-state index >= 15 is 0 Å². The first kappa shape index (κ1) is 12.6. The van der Waals surface area contributed by atoms with Crippen molar-refractivity contribution in [2.24, 2.45) is 5.41 Å². The van der Waals surface area contributed by atoms with Crippen LogP contribution in [0.15, 0.2) is 17.5 Å². The van der Waals surface area contributed by atoms with E-state index in [4.69, 9.17) is 0 Å². The molecule has 1 aliphatic heterocycles. The van der Waals surface area contributed by atoms with Gasteiger partial charge in [-0.05, 0) is 29.7 Å². The zero-order chi connectivity index (χ0) is 12.3. The van der Waals surface area contributed by atoms with Crippen LogP contribution in [0.25, 0.3) is 0 Å². The van der Waals surface area contributed by atoms with Crippen molar-refractivity contribution in [1.29, 1.82) is 0 Å². The van der Waals surface area contributed by atoms with Crippen LogP contribution >= 0.6 is 11.3 Å². The average Bonchev–Trinajstić information content (AvgIpc) is 2.92. The molecule has 0 atom stereocenters. The molecule has 2 rings (SSSR count). The molecule has 94 valence electrons. The Hall–Kier alpha value is -0.830. The summed E-state index contributed by atoms with van der Waals surface area (Å²) < 4.78 is 0. The number of carbonyl (C=O) groups excluding carboxylic acids is 1. The lowest BCUT2D eigenvalue weighted by molar-refractivity contribution is 0.0562. The molecule has 0 radical (unpaired) electrons. The Bertz CT molecular complexity index is 358. The van der Waals surface area contributed by atoms with Crippen LogP contribution < -0.4 is 0 Å². The Balaban J connectivity index is 1.97. The van der Waals surface area contributed by atoms with Crippen LogP contribution in [0.2, 0.25) is 0 Å². The largest absolute Gasteiger partial charge is 0.338 e. The van der Waals surface area contributed by atoms with Gasteiger partial charge in [0.1, 0.15) is 0 Å². The summed E-state index contributed by atoms with van der Waals surface area (Å²) >= 11 is 1.54. The molecule has 0 saturated carbocycles. The predicted molar refractivity (Wildman–Crippen MR) is 72.5 cm³/mol. The van der Waals surface area contributed by atoms with Crippen LogP contribution in [0.5, 0.6) is 0 Å². The normalized spacial score (nSPS) is 19.3. The third-order valence-electron chi connectivity index (χ3n) is 4.34. The number of likely N-dealkylation sites (tertiary alicyclic amines) is 1. The smallest absolute Gasteiger partial charge is 0.263 e. The van der Waals surface area contributed by atoms with Gasteiger partial charge in [0.2, 0.25) is 0 Å². The van der Waals surface area contributed by atoms with Gasteiger partial charge in [0.15, 0.2) is 0 Å². The molecule has 0 bridgehead atoms. The van der Waals surface area contributed by atoms with Gasteiger partial charge in [0.25, 0.3) is 5.91 Å². The van der Waals surface area contributed by atoms with Crippen LogP contribution in [-0.4, -0.2) is 23.9 Å². The minimum Gasteiger partial charge on any atom is -0.338 e. The minimum atomic E-state index is 0.223. The first-order valence-electron chi connectivity index (χ1n) is 6.53. The van der Waals surface area contributed by atoms with E-state index in [-0.39, 0.29) is 5.91 Å². The third kappa shape index (κ3) is 2.54. The van der Waals surface area contributed by atoms with Crippen molar-refractivity contribution in [2.45, 2.75) is 39.5 Å². The predicted octanol–water partition coefficient (Wildman–Crippen LogP) is 3.79. The van der Waals surface area contributed by atoms with Crippen LogP contribution in [0.4, 0.5) is 0 Å². The summed E-state index contributed by atoms with van der Waals surface area (Å²) in [5.74, 6) is 0.223. The lowest BCUT2D eigenvalue weighted by atomic mass is 9.74. The van der Waals surface area contributed by atoms with Gasteiger partial charge in [-0.25, -0.2) is 0 Å². The van der Waals surface area contributed by atoms with Crippen LogP contribution in [-0.2, 0) is 0 Å². The number of nitrogens with zero attached hydrogens (tertiary/aromatic N) is 1. The molecule has 17 heavy (non-hydrogen) atoms. The number of carbonyl (C=O) groups is 1. The fourth-order valence-corrected chi connectivity index (χ4v) is 3.39. The van der Waals surface area contributed by atoms with E-state index in [9.17, 15) is 4.79 Å². The van der Waals surface area contributed by atoms with Crippen molar-refractivity contribution in [1.82, 2.24) is 4.90 Å². The standard InChI is InChI=1S/C14H21NOS/c1-3-14(4-2)7-9-15(10-8-14)13(16)12-6-5-11-17-12/h5-6,11H,3-4,7-10H2,1-2H3. The maximum atomic E-state index is 12.2. The lowest BCUT2D eigenvalue weighted by Gasteiger charge is -2.40. The van der Waals surface area contributed by atoms with E-state index in [2.05, 4.69) is 13.8 Å². The molecule has 1 fully saturated rings. The Morgan fingerprint density at radius 3 is 2.47 bits per heavy atom. The third-order valence-corrected chi connectivity index (χ3v) is 5.20. The summed E-state index contributed by atoms with van der Waals surface area (Å²) in [4.78, 5) is 15.1. The van der Waals surface area contributed by atoms with Crippen LogP contribution in [0.3, 0.4) is 0 Å². The second kappa shape index (κ2) is 5.21. The quantitative estimate of drug-likeness (QED) is 0.800. The van der Waals surface area contributed by atoms with Crippen molar-refractivity contribution in [3.63, 3.8) is 0 Å². The second-order valence-corrected chi connectivity index (χ2v) is 5.92. The van der Waals surface area contributed by atoms with E-state index in [0.717, 1.165) is 30.8 Å². The average molecular weight is 251 g/mol. The molecule has 1 saturated heterocycles. The molecule has 0 aromatic carbocycles. The topological polar surface area (TPSA) is 20.3 Å². The van der Waals surface area contributed by atoms with Crippen LogP contribution in [0.1, 0.15) is 49.2 Å². The Morgan fingerprint density at radius 1 is 1.35 bits per heavy atom. The molecule has 0 aliphatic carbocycles. The number of hydrogen-bond donors (Lipinski definition) is 0. The summed E-state index contributed by atoms with van der Waals surface area (Å²) in [5, 5.41) is 1.97. The molecule has 1 amide bonds. The number of rotatable bonds is 3. The molecule has 1 aliphatic rings. The number of piperidine rings is 1. The van der Waals surface area contributed by atoms with Crippen molar-refractivity contribution < 1.29 is 4.79 Å². The number of thiophene rings is 1. The van der Waals surface area contributed by atoms with E-state index in [1.807, 2.05) is 22.4 Å². The first-order chi connectivity index (χ1) is 8.21. The molecule has 3 heteroatoms. The zero-order valence-electron chi connectivity index (χ0n) is 10.7. The molecule has 2 nitrogen and oxygen atoms in total. The Labute approximate surface area is 108 Å². The fraction of sp³-hybridized carbons (Fsp3) is 0.643. The monoisotopic (exact) mass is 251 g/mol. The van der Waals surface area contributed by atoms with Crippen molar-refractivity contribution in [3.05, 3.63) is 22.4 Å². The molecule has 1 aromatic rings. The van der Waals surface area contributed by atoms with Gasteiger partial charge < -0.3 is 4.90 Å². The van der Waals surface area contributed by atoms with Gasteiger partial charge in [-0.2, -0.15) is 0 Å². The van der Waals surface area contributed by atoms with Crippen LogP contribution in [0, 0.1) is 5.41 Å². The summed E-state index contributed by atoms with van der Waals surface area (Å²) in [5.41, 5.74) is 0.492. The molecule has 0 spiro atoms. The van der Waals surface area contributed by atoms with Gasteiger partial charge in [0, 0.05) is 13.1 Å². The highest BCUT2D eigenvalue weighted by atomic mass is 32.1. The summed E-state index contributed by atoms with van der Waals surface area (Å²) in [6.45, 7) is 6.41. The van der Waals surface area contributed by atoms with E-state index in [1.165, 1.54) is 12.8 Å². The fourth-order valence-electron chi connectivity index (χ4n) is 2.70. The Kier molecular flexibility index (Phi) is 3.87. The van der Waals surface area contributed by atoms with Gasteiger partial charge >= 0.3 is 0 Å². The summed E-state index contributed by atoms with van der Waals surface area (Å²) in [6.07, 6.45) is 4.81. The number of amides is 1. The number of hydrogen-bond acceptors (Lipinski definition) is 2. The minimum absolute atomic E-state index is 0.223. The molecular formula is C14H21NOS. The van der Waals surface area contributed by atoms with Crippen molar-refractivity contribution in [3.8, 4) is 0 Å². The molecular weight excluding hydrogens is 230 g/mol. The van der Waals surface area contributed by atoms with E-state index in [0.29, 0.717) is 5.41 Å². The zero-order valence-corrected chi connectivity index (χ0v) is 11.6. The van der Waals surface area contributed by atoms with Gasteiger partial charge in [-0.15, -0.1) is 11.3 Å². The molecule has 2 heterocycles. The van der Waals surface area contributed by atoms with Gasteiger partial charge in [0.05, 0.1) is 4.88 Å². The highest BCUT2D eigenvalue weighted by Gasteiger charge is 2.33. The molecule has 0 N–H and O–H groups in total. The summed E-state index contributed by atoms with van der Waals surface area (Å²) in [6, 6.07) is 3.87. The maximum Gasteiger partial charge on any atom is 0.263 e. The van der Waals surface area contributed by atoms with Crippen molar-refractivity contribution >= 4 is 17.2 Å². The second-order valence-electron chi connectivity index (χ2n) is 4.98. The SMILES string of the molecule is CCC1(CC)CCN(C(=O)c2cccs2)CC1. The maximum absolute atomic E-state index is 12.2. The lowest BCUT2D eigenvalue weighted by Crippen LogP contribution is -2.42. The first-order valence-corrected chi connectivity index (χ1v) is 7.41. The Morgan fingerprint density at radius 2 is 2.00 bits per heavy atom. The van der Waals surface area contributed by atoms with Gasteiger partial charge in [-0.1, -0.05) is 32.8 Å². The van der Waals surface area contributed by atoms with Crippen molar-refractivity contribution in [2.75, 3.05) is 13.1 Å². The highest BCUT2D eigenvalue weighted by Crippen LogP contribution is 2.38. The van der Waals surface area contributed by atoms with Gasteiger partial charge in [-0.3, -0.25) is 4.79 Å². The highest BCUT2D eigenvalue weighted by molar-refractivity contribution is 7.12. The van der Waals surface area contributed by atoms with E-state index < -0.39 is 0 Å². The van der Waals surface area contributed by atoms with E-state index in [1.54, 1.807) is 11.3 Å².